The van der Waals surface area contributed by atoms with Crippen LogP contribution in [0.2, 0.25) is 5.02 Å². The molecule has 0 spiro atoms. The third-order valence-corrected chi connectivity index (χ3v) is 4.50. The lowest BCUT2D eigenvalue weighted by molar-refractivity contribution is 0.395. The summed E-state index contributed by atoms with van der Waals surface area (Å²) in [6, 6.07) is 13.4. The van der Waals surface area contributed by atoms with Crippen LogP contribution in [-0.2, 0) is 0 Å². The average Bonchev–Trinajstić information content (AvgIpc) is 3.04. The van der Waals surface area contributed by atoms with Crippen molar-refractivity contribution in [1.82, 2.24) is 4.98 Å². The molecule has 3 rings (SSSR count). The van der Waals surface area contributed by atoms with Crippen molar-refractivity contribution in [3.05, 3.63) is 52.9 Å². The molecule has 3 nitrogen and oxygen atoms in total. The Labute approximate surface area is 138 Å². The van der Waals surface area contributed by atoms with Crippen molar-refractivity contribution in [2.45, 2.75) is 0 Å². The molecule has 0 aliphatic heterocycles. The van der Waals surface area contributed by atoms with Crippen molar-refractivity contribution in [3.63, 3.8) is 0 Å². The van der Waals surface area contributed by atoms with Gasteiger partial charge in [0.2, 0.25) is 0 Å². The first-order chi connectivity index (χ1) is 10.7. The Morgan fingerprint density at radius 1 is 1.00 bits per heavy atom. The molecular weight excluding hydrogens is 318 g/mol. The van der Waals surface area contributed by atoms with Crippen molar-refractivity contribution in [2.75, 3.05) is 14.2 Å². The number of hydrogen-bond donors (Lipinski definition) is 0. The Morgan fingerprint density at radius 2 is 1.82 bits per heavy atom. The molecule has 2 aromatic carbocycles. The highest BCUT2D eigenvalue weighted by atomic mass is 35.5. The summed E-state index contributed by atoms with van der Waals surface area (Å²) < 4.78 is 10.7. The summed E-state index contributed by atoms with van der Waals surface area (Å²) in [7, 11) is 3.27. The molecule has 0 saturated heterocycles. The largest absolute Gasteiger partial charge is 0.497 e. The number of ether oxygens (including phenoxy) is 2. The highest BCUT2D eigenvalue weighted by Gasteiger charge is 2.13. The van der Waals surface area contributed by atoms with E-state index >= 15 is 0 Å². The molecule has 0 amide bonds. The third-order valence-electron chi connectivity index (χ3n) is 3.29. The maximum absolute atomic E-state index is 6.24. The van der Waals surface area contributed by atoms with Gasteiger partial charge in [0, 0.05) is 22.6 Å². The Bertz CT molecular complexity index is 801. The quantitative estimate of drug-likeness (QED) is 0.662. The lowest BCUT2D eigenvalue weighted by Crippen LogP contribution is -1.90. The zero-order chi connectivity index (χ0) is 15.5. The number of thiazole rings is 1. The van der Waals surface area contributed by atoms with Gasteiger partial charge in [0.15, 0.2) is 0 Å². The van der Waals surface area contributed by atoms with Crippen LogP contribution in [0.15, 0.2) is 47.8 Å². The normalized spacial score (nSPS) is 10.5. The summed E-state index contributed by atoms with van der Waals surface area (Å²) in [5.74, 6) is 1.48. The van der Waals surface area contributed by atoms with E-state index in [2.05, 4.69) is 4.98 Å². The number of halogens is 1. The summed E-state index contributed by atoms with van der Waals surface area (Å²) in [6.07, 6.45) is 0. The van der Waals surface area contributed by atoms with Gasteiger partial charge in [-0.25, -0.2) is 4.98 Å². The lowest BCUT2D eigenvalue weighted by Gasteiger charge is -2.08. The van der Waals surface area contributed by atoms with E-state index in [9.17, 15) is 0 Å². The predicted molar refractivity (Wildman–Crippen MR) is 91.1 cm³/mol. The predicted octanol–water partition coefficient (Wildman–Crippen LogP) is 5.15. The molecule has 22 heavy (non-hydrogen) atoms. The van der Waals surface area contributed by atoms with Gasteiger partial charge in [0.25, 0.3) is 0 Å². The third kappa shape index (κ3) is 2.80. The smallest absolute Gasteiger partial charge is 0.131 e. The van der Waals surface area contributed by atoms with E-state index in [1.807, 2.05) is 47.8 Å². The van der Waals surface area contributed by atoms with Crippen LogP contribution in [0.3, 0.4) is 0 Å². The molecule has 0 radical (unpaired) electrons. The highest BCUT2D eigenvalue weighted by Crippen LogP contribution is 2.37. The SMILES string of the molecule is COc1ccc(-c2csc(-c3ccccc3Cl)n2)c(OC)c1. The second-order valence-corrected chi connectivity index (χ2v) is 5.85. The first kappa shape index (κ1) is 14.9. The van der Waals surface area contributed by atoms with E-state index in [0.29, 0.717) is 5.02 Å². The average molecular weight is 332 g/mol. The number of rotatable bonds is 4. The summed E-state index contributed by atoms with van der Waals surface area (Å²) in [6.45, 7) is 0. The van der Waals surface area contributed by atoms with Crippen LogP contribution in [0, 0.1) is 0 Å². The molecule has 0 bridgehead atoms. The molecule has 0 atom stereocenters. The minimum atomic E-state index is 0.699. The second kappa shape index (κ2) is 6.38. The van der Waals surface area contributed by atoms with Crippen LogP contribution >= 0.6 is 22.9 Å². The van der Waals surface area contributed by atoms with E-state index in [-0.39, 0.29) is 0 Å². The summed E-state index contributed by atoms with van der Waals surface area (Å²) in [5.41, 5.74) is 2.73. The van der Waals surface area contributed by atoms with Crippen molar-refractivity contribution in [3.8, 4) is 33.3 Å². The fourth-order valence-corrected chi connectivity index (χ4v) is 3.31. The van der Waals surface area contributed by atoms with E-state index < -0.39 is 0 Å². The first-order valence-corrected chi connectivity index (χ1v) is 7.91. The van der Waals surface area contributed by atoms with Gasteiger partial charge in [-0.1, -0.05) is 29.8 Å². The highest BCUT2D eigenvalue weighted by molar-refractivity contribution is 7.13. The van der Waals surface area contributed by atoms with Gasteiger partial charge in [-0.2, -0.15) is 0 Å². The first-order valence-electron chi connectivity index (χ1n) is 6.65. The number of benzene rings is 2. The lowest BCUT2D eigenvalue weighted by atomic mass is 10.1. The van der Waals surface area contributed by atoms with E-state index in [1.165, 1.54) is 0 Å². The molecule has 3 aromatic rings. The maximum Gasteiger partial charge on any atom is 0.131 e. The Kier molecular flexibility index (Phi) is 4.32. The van der Waals surface area contributed by atoms with Gasteiger partial charge in [-0.05, 0) is 18.2 Å². The van der Waals surface area contributed by atoms with Crippen LogP contribution in [0.1, 0.15) is 0 Å². The minimum absolute atomic E-state index is 0.699. The standard InChI is InChI=1S/C17H14ClNO2S/c1-20-11-7-8-13(16(9-11)21-2)15-10-22-17(19-15)12-5-3-4-6-14(12)18/h3-10H,1-2H3. The van der Waals surface area contributed by atoms with E-state index in [0.717, 1.165) is 33.3 Å². The van der Waals surface area contributed by atoms with Crippen LogP contribution in [-0.4, -0.2) is 19.2 Å². The number of methoxy groups -OCH3 is 2. The summed E-state index contributed by atoms with van der Waals surface area (Å²) >= 11 is 7.80. The molecule has 1 heterocycles. The van der Waals surface area contributed by atoms with Gasteiger partial charge < -0.3 is 9.47 Å². The van der Waals surface area contributed by atoms with Crippen molar-refractivity contribution in [1.29, 1.82) is 0 Å². The Balaban J connectivity index is 2.03. The van der Waals surface area contributed by atoms with Crippen molar-refractivity contribution in [2.24, 2.45) is 0 Å². The van der Waals surface area contributed by atoms with Crippen LogP contribution in [0.25, 0.3) is 21.8 Å². The summed E-state index contributed by atoms with van der Waals surface area (Å²) in [4.78, 5) is 4.69. The Morgan fingerprint density at radius 3 is 2.55 bits per heavy atom. The van der Waals surface area contributed by atoms with Gasteiger partial charge in [-0.15, -0.1) is 11.3 Å². The zero-order valence-electron chi connectivity index (χ0n) is 12.2. The molecule has 0 aliphatic rings. The summed E-state index contributed by atoms with van der Waals surface area (Å²) in [5, 5.41) is 3.59. The van der Waals surface area contributed by atoms with Crippen LogP contribution in [0.4, 0.5) is 0 Å². The number of hydrogen-bond acceptors (Lipinski definition) is 4. The maximum atomic E-state index is 6.24. The van der Waals surface area contributed by atoms with Crippen molar-refractivity contribution >= 4 is 22.9 Å². The zero-order valence-corrected chi connectivity index (χ0v) is 13.7. The van der Waals surface area contributed by atoms with Crippen LogP contribution < -0.4 is 9.47 Å². The molecule has 0 aliphatic carbocycles. The molecule has 0 unspecified atom stereocenters. The Hall–Kier alpha value is -2.04. The fourth-order valence-electron chi connectivity index (χ4n) is 2.17. The van der Waals surface area contributed by atoms with E-state index in [1.54, 1.807) is 25.6 Å². The monoisotopic (exact) mass is 331 g/mol. The molecule has 0 N–H and O–H groups in total. The molecule has 5 heteroatoms. The van der Waals surface area contributed by atoms with Crippen LogP contribution in [0.5, 0.6) is 11.5 Å². The molecule has 0 fully saturated rings. The topological polar surface area (TPSA) is 31.4 Å². The number of nitrogens with zero attached hydrogens (tertiary/aromatic N) is 1. The van der Waals surface area contributed by atoms with Crippen molar-refractivity contribution < 1.29 is 9.47 Å². The minimum Gasteiger partial charge on any atom is -0.497 e. The van der Waals surface area contributed by atoms with Gasteiger partial charge in [-0.3, -0.25) is 0 Å². The molecular formula is C17H14ClNO2S. The molecule has 0 saturated carbocycles. The van der Waals surface area contributed by atoms with E-state index in [4.69, 9.17) is 21.1 Å². The second-order valence-electron chi connectivity index (χ2n) is 4.58. The van der Waals surface area contributed by atoms with Gasteiger partial charge >= 0.3 is 0 Å². The fraction of sp³-hybridized carbons (Fsp3) is 0.118. The number of aromatic nitrogens is 1. The molecule has 1 aromatic heterocycles. The van der Waals surface area contributed by atoms with Gasteiger partial charge in [0.05, 0.1) is 24.9 Å². The molecule has 112 valence electrons. The van der Waals surface area contributed by atoms with Gasteiger partial charge in [0.1, 0.15) is 16.5 Å².